The minimum absolute atomic E-state index is 0.0255. The van der Waals surface area contributed by atoms with E-state index >= 15 is 0 Å². The molecule has 7 rings (SSSR count). The van der Waals surface area contributed by atoms with Crippen LogP contribution in [0.2, 0.25) is 5.02 Å². The summed E-state index contributed by atoms with van der Waals surface area (Å²) in [5.41, 5.74) is 4.17. The molecule has 0 spiro atoms. The van der Waals surface area contributed by atoms with Crippen molar-refractivity contribution >= 4 is 46.0 Å². The number of aromatic nitrogens is 1. The van der Waals surface area contributed by atoms with Crippen LogP contribution in [0.4, 0.5) is 10.5 Å². The first-order valence-corrected chi connectivity index (χ1v) is 13.9. The highest BCUT2D eigenvalue weighted by Gasteiger charge is 2.53. The fourth-order valence-corrected chi connectivity index (χ4v) is 6.49. The Labute approximate surface area is 235 Å². The summed E-state index contributed by atoms with van der Waals surface area (Å²) in [4.78, 5) is 47.9. The van der Waals surface area contributed by atoms with Crippen LogP contribution >= 0.6 is 11.6 Å². The van der Waals surface area contributed by atoms with Crippen molar-refractivity contribution in [1.29, 1.82) is 0 Å². The van der Waals surface area contributed by atoms with Gasteiger partial charge in [0.2, 0.25) is 0 Å². The van der Waals surface area contributed by atoms with Crippen molar-refractivity contribution in [2.75, 3.05) is 18.1 Å². The van der Waals surface area contributed by atoms with E-state index in [4.69, 9.17) is 16.3 Å². The van der Waals surface area contributed by atoms with Crippen LogP contribution in [0.1, 0.15) is 46.1 Å². The molecule has 40 heavy (non-hydrogen) atoms. The third kappa shape index (κ3) is 3.98. The van der Waals surface area contributed by atoms with E-state index in [2.05, 4.69) is 10.3 Å². The molecular formula is C31H27ClN4O4. The number of carbonyl (C=O) groups is 3. The Bertz CT molecular complexity index is 1660. The van der Waals surface area contributed by atoms with Gasteiger partial charge in [-0.05, 0) is 54.3 Å². The minimum atomic E-state index is -0.730. The van der Waals surface area contributed by atoms with Crippen molar-refractivity contribution < 1.29 is 19.1 Å². The molecule has 3 aromatic carbocycles. The molecule has 0 radical (unpaired) electrons. The molecule has 2 N–H and O–H groups in total. The number of amides is 4. The third-order valence-electron chi connectivity index (χ3n) is 8.12. The van der Waals surface area contributed by atoms with Crippen molar-refractivity contribution in [2.24, 2.45) is 0 Å². The molecule has 0 aliphatic carbocycles. The highest BCUT2D eigenvalue weighted by atomic mass is 35.5. The number of urea groups is 1. The summed E-state index contributed by atoms with van der Waals surface area (Å²) in [5.74, 6) is -0.702. The number of H-pyrrole nitrogens is 1. The summed E-state index contributed by atoms with van der Waals surface area (Å²) in [5, 5.41) is 4.49. The Balaban J connectivity index is 1.29. The molecule has 2 unspecified atom stereocenters. The lowest BCUT2D eigenvalue weighted by Crippen LogP contribution is -2.44. The van der Waals surface area contributed by atoms with Crippen molar-refractivity contribution in [2.45, 2.75) is 37.5 Å². The predicted octanol–water partition coefficient (Wildman–Crippen LogP) is 5.21. The Kier molecular flexibility index (Phi) is 6.09. The molecule has 0 bridgehead atoms. The molecule has 3 aliphatic rings. The standard InChI is InChI=1S/C31H27ClN4O4/c32-19-8-5-7-18(15-19)28-27-23(21-10-1-3-12-24(21)34-27)16-26-30(38)36(31(39)35(26)28)25-13-4-2-11-22(25)29(37)33-17-20-9-6-14-40-20/h1-5,7-8,10-13,15,20,26,28,34H,6,9,14,16-17H2,(H,33,37)/t20?,26-,28?/m0/s1. The monoisotopic (exact) mass is 554 g/mol. The quantitative estimate of drug-likeness (QED) is 0.331. The number of hydrogen-bond donors (Lipinski definition) is 2. The highest BCUT2D eigenvalue weighted by Crippen LogP contribution is 2.45. The molecule has 3 atom stereocenters. The molecule has 4 aromatic rings. The van der Waals surface area contributed by atoms with E-state index in [9.17, 15) is 14.4 Å². The molecule has 1 aromatic heterocycles. The Hall–Kier alpha value is -4.14. The van der Waals surface area contributed by atoms with E-state index < -0.39 is 18.1 Å². The van der Waals surface area contributed by atoms with Gasteiger partial charge in [-0.15, -0.1) is 0 Å². The van der Waals surface area contributed by atoms with Gasteiger partial charge in [0, 0.05) is 41.2 Å². The Morgan fingerprint density at radius 1 is 1.05 bits per heavy atom. The lowest BCUT2D eigenvalue weighted by Gasteiger charge is -2.36. The van der Waals surface area contributed by atoms with Crippen molar-refractivity contribution in [1.82, 2.24) is 15.2 Å². The molecule has 0 saturated carbocycles. The number of aromatic amines is 1. The van der Waals surface area contributed by atoms with E-state index in [0.29, 0.717) is 24.6 Å². The maximum absolute atomic E-state index is 14.2. The van der Waals surface area contributed by atoms with E-state index in [0.717, 1.165) is 45.5 Å². The van der Waals surface area contributed by atoms with Crippen LogP contribution in [0.25, 0.3) is 10.9 Å². The van der Waals surface area contributed by atoms with Crippen LogP contribution in [-0.4, -0.2) is 53.0 Å². The summed E-state index contributed by atoms with van der Waals surface area (Å²) in [6, 6.07) is 20.3. The fraction of sp³-hybridized carbons (Fsp3) is 0.258. The van der Waals surface area contributed by atoms with Crippen LogP contribution in [0.15, 0.2) is 72.8 Å². The second-order valence-electron chi connectivity index (χ2n) is 10.5. The second kappa shape index (κ2) is 9.80. The topological polar surface area (TPSA) is 94.7 Å². The van der Waals surface area contributed by atoms with E-state index in [-0.39, 0.29) is 29.2 Å². The van der Waals surface area contributed by atoms with Gasteiger partial charge >= 0.3 is 6.03 Å². The molecule has 202 valence electrons. The summed E-state index contributed by atoms with van der Waals surface area (Å²) in [6.07, 6.45) is 2.20. The Morgan fingerprint density at radius 3 is 2.70 bits per heavy atom. The number of rotatable bonds is 5. The highest BCUT2D eigenvalue weighted by molar-refractivity contribution is 6.30. The molecule has 3 aliphatic heterocycles. The Morgan fingerprint density at radius 2 is 1.88 bits per heavy atom. The number of carbonyl (C=O) groups excluding carboxylic acids is 3. The summed E-state index contributed by atoms with van der Waals surface area (Å²) in [7, 11) is 0. The van der Waals surface area contributed by atoms with E-state index in [1.807, 2.05) is 42.5 Å². The van der Waals surface area contributed by atoms with Crippen LogP contribution in [0.3, 0.4) is 0 Å². The van der Waals surface area contributed by atoms with Gasteiger partial charge < -0.3 is 15.0 Å². The average molecular weight is 555 g/mol. The molecular weight excluding hydrogens is 528 g/mol. The number of anilines is 1. The molecule has 2 fully saturated rings. The minimum Gasteiger partial charge on any atom is -0.376 e. The van der Waals surface area contributed by atoms with Crippen LogP contribution in [-0.2, 0) is 16.0 Å². The van der Waals surface area contributed by atoms with Crippen molar-refractivity contribution in [3.8, 4) is 0 Å². The van der Waals surface area contributed by atoms with Crippen LogP contribution < -0.4 is 10.2 Å². The largest absolute Gasteiger partial charge is 0.376 e. The number of ether oxygens (including phenoxy) is 1. The first-order valence-electron chi connectivity index (χ1n) is 13.5. The van der Waals surface area contributed by atoms with Gasteiger partial charge in [-0.2, -0.15) is 0 Å². The normalized spacial score (nSPS) is 22.1. The van der Waals surface area contributed by atoms with Gasteiger partial charge in [0.25, 0.3) is 11.8 Å². The zero-order valence-electron chi connectivity index (χ0n) is 21.6. The summed E-state index contributed by atoms with van der Waals surface area (Å²) >= 11 is 6.39. The number of imide groups is 1. The number of hydrogen-bond acceptors (Lipinski definition) is 4. The van der Waals surface area contributed by atoms with Gasteiger partial charge in [-0.25, -0.2) is 9.69 Å². The molecule has 4 amide bonds. The lowest BCUT2D eigenvalue weighted by atomic mass is 9.89. The second-order valence-corrected chi connectivity index (χ2v) is 10.9. The average Bonchev–Trinajstić information content (AvgIpc) is 3.68. The number of nitrogens with one attached hydrogen (secondary N) is 2. The predicted molar refractivity (Wildman–Crippen MR) is 152 cm³/mol. The molecule has 4 heterocycles. The zero-order chi connectivity index (χ0) is 27.4. The van der Waals surface area contributed by atoms with Crippen molar-refractivity contribution in [3.63, 3.8) is 0 Å². The van der Waals surface area contributed by atoms with Gasteiger partial charge in [0.1, 0.15) is 12.1 Å². The van der Waals surface area contributed by atoms with E-state index in [1.54, 1.807) is 35.2 Å². The molecule has 2 saturated heterocycles. The number of para-hydroxylation sites is 2. The zero-order valence-corrected chi connectivity index (χ0v) is 22.4. The number of nitrogens with zero attached hydrogens (tertiary/aromatic N) is 2. The van der Waals surface area contributed by atoms with E-state index in [1.165, 1.54) is 0 Å². The van der Waals surface area contributed by atoms with Crippen LogP contribution in [0, 0.1) is 0 Å². The lowest BCUT2D eigenvalue weighted by molar-refractivity contribution is -0.120. The number of benzene rings is 3. The van der Waals surface area contributed by atoms with Gasteiger partial charge in [0.05, 0.1) is 17.4 Å². The summed E-state index contributed by atoms with van der Waals surface area (Å²) in [6.45, 7) is 1.07. The SMILES string of the molecule is O=C(NCC1CCCO1)c1ccccc1N1C(=O)[C@@H]2Cc3c([nH]c4ccccc34)C(c3cccc(Cl)c3)N2C1=O. The van der Waals surface area contributed by atoms with Crippen LogP contribution in [0.5, 0.6) is 0 Å². The maximum atomic E-state index is 14.2. The number of halogens is 1. The van der Waals surface area contributed by atoms with Crippen molar-refractivity contribution in [3.05, 3.63) is 100 Å². The van der Waals surface area contributed by atoms with Gasteiger partial charge in [-0.1, -0.05) is 54.1 Å². The third-order valence-corrected chi connectivity index (χ3v) is 8.35. The number of fused-ring (bicyclic) bond motifs is 4. The maximum Gasteiger partial charge on any atom is 0.332 e. The molecule has 8 nitrogen and oxygen atoms in total. The smallest absolute Gasteiger partial charge is 0.332 e. The summed E-state index contributed by atoms with van der Waals surface area (Å²) < 4.78 is 5.63. The fourth-order valence-electron chi connectivity index (χ4n) is 6.29. The van der Waals surface area contributed by atoms with Gasteiger partial charge in [0.15, 0.2) is 0 Å². The van der Waals surface area contributed by atoms with Gasteiger partial charge in [-0.3, -0.25) is 14.5 Å². The first kappa shape index (κ1) is 24.9. The first-order chi connectivity index (χ1) is 19.5. The molecule has 9 heteroatoms.